The second kappa shape index (κ2) is 9.11. The van der Waals surface area contributed by atoms with Crippen molar-refractivity contribution in [3.8, 4) is 28.1 Å². The van der Waals surface area contributed by atoms with Crippen LogP contribution in [-0.4, -0.2) is 36.0 Å². The van der Waals surface area contributed by atoms with E-state index in [0.29, 0.717) is 16.5 Å². The number of para-hydroxylation sites is 1. The molecule has 0 radical (unpaired) electrons. The van der Waals surface area contributed by atoms with Gasteiger partial charge in [0.05, 0.1) is 18.5 Å². The normalized spacial score (nSPS) is 16.1. The Kier molecular flexibility index (Phi) is 6.00. The van der Waals surface area contributed by atoms with E-state index in [1.165, 1.54) is 16.9 Å². The number of nitrogens with two attached hydrogens (primary N) is 1. The largest absolute Gasteiger partial charge is 0.496 e. The highest BCUT2D eigenvalue weighted by atomic mass is 32.1. The first-order chi connectivity index (χ1) is 16.5. The Hall–Kier alpha value is -3.38. The molecule has 1 amide bonds. The van der Waals surface area contributed by atoms with Gasteiger partial charge >= 0.3 is 0 Å². The molecule has 0 unspecified atom stereocenters. The van der Waals surface area contributed by atoms with E-state index < -0.39 is 0 Å². The molecule has 5 rings (SSSR count). The number of carbonyl (C=O) groups is 1. The number of benzene rings is 2. The van der Waals surface area contributed by atoms with E-state index in [-0.39, 0.29) is 5.91 Å². The standard InChI is InChI=1S/C28H29N3O2S/c1-17-10-12-19(13-11-17)22-15-21(20-8-4-5-9-23(20)33-3)24-25(29)26(34-27(24)30-22)28(32)31-14-6-7-18(2)16-31/h4-5,8-13,15,18H,6-7,14,16,29H2,1-3H3/t18-/m0/s1. The first-order valence-corrected chi connectivity index (χ1v) is 12.5. The summed E-state index contributed by atoms with van der Waals surface area (Å²) in [6.07, 6.45) is 2.19. The first kappa shape index (κ1) is 22.4. The van der Waals surface area contributed by atoms with Gasteiger partial charge in [-0.15, -0.1) is 11.3 Å². The van der Waals surface area contributed by atoms with Crippen LogP contribution in [0.15, 0.2) is 54.6 Å². The highest BCUT2D eigenvalue weighted by molar-refractivity contribution is 7.21. The predicted molar refractivity (Wildman–Crippen MR) is 140 cm³/mol. The van der Waals surface area contributed by atoms with Crippen molar-refractivity contribution < 1.29 is 9.53 Å². The average molecular weight is 472 g/mol. The number of fused-ring (bicyclic) bond motifs is 1. The first-order valence-electron chi connectivity index (χ1n) is 11.7. The number of nitrogens with zero attached hydrogens (tertiary/aromatic N) is 2. The van der Waals surface area contributed by atoms with Gasteiger partial charge in [0.1, 0.15) is 15.5 Å². The van der Waals surface area contributed by atoms with Gasteiger partial charge in [0, 0.05) is 29.6 Å². The highest BCUT2D eigenvalue weighted by Crippen LogP contribution is 2.44. The van der Waals surface area contributed by atoms with Gasteiger partial charge in [0.2, 0.25) is 0 Å². The SMILES string of the molecule is COc1ccccc1-c1cc(-c2ccc(C)cc2)nc2sc(C(=O)N3CCC[C@H](C)C3)c(N)c12. The molecule has 0 bridgehead atoms. The fourth-order valence-electron chi connectivity index (χ4n) is 4.75. The number of carbonyl (C=O) groups excluding carboxylic acids is 1. The lowest BCUT2D eigenvalue weighted by atomic mass is 9.98. The van der Waals surface area contributed by atoms with Crippen LogP contribution in [-0.2, 0) is 0 Å². The van der Waals surface area contributed by atoms with Gasteiger partial charge in [-0.1, -0.05) is 55.0 Å². The van der Waals surface area contributed by atoms with Gasteiger partial charge in [-0.05, 0) is 43.4 Å². The van der Waals surface area contributed by atoms with Crippen LogP contribution in [0, 0.1) is 12.8 Å². The van der Waals surface area contributed by atoms with Crippen LogP contribution in [0.2, 0.25) is 0 Å². The molecule has 0 spiro atoms. The van der Waals surface area contributed by atoms with Crippen molar-refractivity contribution in [3.05, 3.63) is 65.0 Å². The molecule has 1 aliphatic heterocycles. The fraction of sp³-hybridized carbons (Fsp3) is 0.286. The fourth-order valence-corrected chi connectivity index (χ4v) is 5.84. The summed E-state index contributed by atoms with van der Waals surface area (Å²) in [5.41, 5.74) is 12.1. The number of aryl methyl sites for hydroxylation is 1. The summed E-state index contributed by atoms with van der Waals surface area (Å²) in [5.74, 6) is 1.27. The number of piperidine rings is 1. The number of rotatable bonds is 4. The topological polar surface area (TPSA) is 68.5 Å². The molecule has 174 valence electrons. The number of nitrogen functional groups attached to an aromatic ring is 1. The number of thiophene rings is 1. The van der Waals surface area contributed by atoms with E-state index in [1.807, 2.05) is 29.2 Å². The summed E-state index contributed by atoms with van der Waals surface area (Å²) in [6.45, 7) is 5.81. The van der Waals surface area contributed by atoms with Crippen LogP contribution in [0.1, 0.15) is 35.0 Å². The molecule has 34 heavy (non-hydrogen) atoms. The number of anilines is 1. The van der Waals surface area contributed by atoms with E-state index in [2.05, 4.69) is 44.2 Å². The molecular formula is C28H29N3O2S. The van der Waals surface area contributed by atoms with Crippen molar-refractivity contribution >= 4 is 33.1 Å². The van der Waals surface area contributed by atoms with Crippen LogP contribution in [0.25, 0.3) is 32.6 Å². The van der Waals surface area contributed by atoms with Crippen molar-refractivity contribution in [1.82, 2.24) is 9.88 Å². The van der Waals surface area contributed by atoms with E-state index in [4.69, 9.17) is 15.5 Å². The summed E-state index contributed by atoms with van der Waals surface area (Å²) >= 11 is 1.39. The number of hydrogen-bond donors (Lipinski definition) is 1. The van der Waals surface area contributed by atoms with Gasteiger partial charge in [-0.25, -0.2) is 4.98 Å². The van der Waals surface area contributed by atoms with E-state index in [9.17, 15) is 4.79 Å². The zero-order chi connectivity index (χ0) is 23.8. The molecule has 5 nitrogen and oxygen atoms in total. The molecule has 3 heterocycles. The molecule has 0 saturated carbocycles. The summed E-state index contributed by atoms with van der Waals surface area (Å²) < 4.78 is 5.68. The van der Waals surface area contributed by atoms with E-state index in [1.54, 1.807) is 7.11 Å². The van der Waals surface area contributed by atoms with Gasteiger partial charge in [0.25, 0.3) is 5.91 Å². The maximum atomic E-state index is 13.5. The van der Waals surface area contributed by atoms with Crippen molar-refractivity contribution in [2.75, 3.05) is 25.9 Å². The van der Waals surface area contributed by atoms with Crippen LogP contribution < -0.4 is 10.5 Å². The number of amides is 1. The van der Waals surface area contributed by atoms with Crippen LogP contribution in [0.5, 0.6) is 5.75 Å². The Labute approximate surface area is 204 Å². The third-order valence-corrected chi connectivity index (χ3v) is 7.67. The monoisotopic (exact) mass is 471 g/mol. The summed E-state index contributed by atoms with van der Waals surface area (Å²) in [5, 5.41) is 0.818. The molecule has 2 aromatic carbocycles. The van der Waals surface area contributed by atoms with Gasteiger partial charge < -0.3 is 15.4 Å². The number of ether oxygens (including phenoxy) is 1. The number of hydrogen-bond acceptors (Lipinski definition) is 5. The summed E-state index contributed by atoms with van der Waals surface area (Å²) in [7, 11) is 1.67. The lowest BCUT2D eigenvalue weighted by Gasteiger charge is -2.30. The summed E-state index contributed by atoms with van der Waals surface area (Å²) in [4.78, 5) is 21.8. The average Bonchev–Trinajstić information content (AvgIpc) is 3.19. The highest BCUT2D eigenvalue weighted by Gasteiger charge is 2.28. The van der Waals surface area contributed by atoms with E-state index >= 15 is 0 Å². The third-order valence-electron chi connectivity index (χ3n) is 6.58. The number of methoxy groups -OCH3 is 1. The molecule has 1 fully saturated rings. The molecular weight excluding hydrogens is 442 g/mol. The smallest absolute Gasteiger partial charge is 0.266 e. The lowest BCUT2D eigenvalue weighted by molar-refractivity contribution is 0.0689. The van der Waals surface area contributed by atoms with Crippen LogP contribution in [0.3, 0.4) is 0 Å². The molecule has 2 N–H and O–H groups in total. The van der Waals surface area contributed by atoms with Gasteiger partial charge in [-0.3, -0.25) is 4.79 Å². The summed E-state index contributed by atoms with van der Waals surface area (Å²) in [6, 6.07) is 18.3. The number of likely N-dealkylation sites (tertiary alicyclic amines) is 1. The Bertz CT molecular complexity index is 1360. The molecule has 1 saturated heterocycles. The number of aromatic nitrogens is 1. The Balaban J connectivity index is 1.72. The maximum absolute atomic E-state index is 13.5. The zero-order valence-electron chi connectivity index (χ0n) is 19.8. The Morgan fingerprint density at radius 1 is 1.15 bits per heavy atom. The molecule has 2 aromatic heterocycles. The molecule has 0 aliphatic carbocycles. The van der Waals surface area contributed by atoms with Crippen molar-refractivity contribution in [2.45, 2.75) is 26.7 Å². The lowest BCUT2D eigenvalue weighted by Crippen LogP contribution is -2.39. The maximum Gasteiger partial charge on any atom is 0.266 e. The van der Waals surface area contributed by atoms with Crippen LogP contribution in [0.4, 0.5) is 5.69 Å². The van der Waals surface area contributed by atoms with Gasteiger partial charge in [-0.2, -0.15) is 0 Å². The predicted octanol–water partition coefficient (Wildman–Crippen LogP) is 6.40. The third kappa shape index (κ3) is 4.03. The minimum absolute atomic E-state index is 0.00918. The minimum atomic E-state index is 0.00918. The molecule has 1 aliphatic rings. The second-order valence-corrected chi connectivity index (χ2v) is 10.1. The molecule has 4 aromatic rings. The second-order valence-electron chi connectivity index (χ2n) is 9.14. The van der Waals surface area contributed by atoms with Crippen molar-refractivity contribution in [3.63, 3.8) is 0 Å². The van der Waals surface area contributed by atoms with Crippen LogP contribution >= 0.6 is 11.3 Å². The quantitative estimate of drug-likeness (QED) is 0.374. The Morgan fingerprint density at radius 3 is 2.65 bits per heavy atom. The van der Waals surface area contributed by atoms with E-state index in [0.717, 1.165) is 64.3 Å². The Morgan fingerprint density at radius 2 is 1.91 bits per heavy atom. The van der Waals surface area contributed by atoms with Crippen molar-refractivity contribution in [2.24, 2.45) is 5.92 Å². The zero-order valence-corrected chi connectivity index (χ0v) is 20.6. The molecule has 6 heteroatoms. The van der Waals surface area contributed by atoms with Crippen molar-refractivity contribution in [1.29, 1.82) is 0 Å². The minimum Gasteiger partial charge on any atom is -0.496 e. The number of pyridine rings is 1. The molecule has 1 atom stereocenters. The van der Waals surface area contributed by atoms with Gasteiger partial charge in [0.15, 0.2) is 0 Å².